The Hall–Kier alpha value is -1.24. The summed E-state index contributed by atoms with van der Waals surface area (Å²) < 4.78 is 23.3. The van der Waals surface area contributed by atoms with Crippen molar-refractivity contribution in [2.24, 2.45) is 0 Å². The van der Waals surface area contributed by atoms with Crippen LogP contribution in [0.1, 0.15) is 11.1 Å². The summed E-state index contributed by atoms with van der Waals surface area (Å²) in [6.45, 7) is 0. The molecule has 6 heteroatoms. The van der Waals surface area contributed by atoms with Crippen molar-refractivity contribution in [3.05, 3.63) is 47.5 Å². The van der Waals surface area contributed by atoms with Crippen molar-refractivity contribution in [1.82, 2.24) is 0 Å². The van der Waals surface area contributed by atoms with Crippen LogP contribution in [0.3, 0.4) is 0 Å². The van der Waals surface area contributed by atoms with Gasteiger partial charge in [-0.2, -0.15) is 0 Å². The molecule has 0 bridgehead atoms. The van der Waals surface area contributed by atoms with Crippen LogP contribution in [0.2, 0.25) is 0 Å². The van der Waals surface area contributed by atoms with Crippen molar-refractivity contribution in [2.75, 3.05) is 28.4 Å². The van der Waals surface area contributed by atoms with Crippen LogP contribution in [0.4, 0.5) is 0 Å². The van der Waals surface area contributed by atoms with Gasteiger partial charge in [0, 0.05) is 0 Å². The fourth-order valence-corrected chi connectivity index (χ4v) is 2.98. The van der Waals surface area contributed by atoms with Crippen molar-refractivity contribution in [1.29, 1.82) is 0 Å². The van der Waals surface area contributed by atoms with Crippen LogP contribution in [-0.2, 0) is 41.2 Å². The third kappa shape index (κ3) is 3.71. The molecule has 126 valence electrons. The Morgan fingerprint density at radius 1 is 0.667 bits per heavy atom. The van der Waals surface area contributed by atoms with E-state index in [9.17, 15) is 0 Å². The molecule has 0 heterocycles. The van der Waals surface area contributed by atoms with Crippen LogP contribution in [-0.4, -0.2) is 37.6 Å². The first kappa shape index (κ1) is 19.1. The zero-order valence-electron chi connectivity index (χ0n) is 13.9. The Labute approximate surface area is 158 Å². The second-order valence-corrected chi connectivity index (χ2v) is 5.91. The first-order valence-electron chi connectivity index (χ1n) is 7.10. The SMILES string of the molecule is CO[C](=[Cr])c1cccc(-c2cccc([C](=[Cr])OC)c2OC)c1OC. The van der Waals surface area contributed by atoms with Crippen LogP contribution in [0, 0.1) is 0 Å². The van der Waals surface area contributed by atoms with Crippen LogP contribution in [0.5, 0.6) is 11.5 Å². The summed E-state index contributed by atoms with van der Waals surface area (Å²) in [5.74, 6) is 1.42. The number of hydrogen-bond donors (Lipinski definition) is 0. The Morgan fingerprint density at radius 3 is 1.33 bits per heavy atom. The quantitative estimate of drug-likeness (QED) is 0.714. The fraction of sp³-hybridized carbons (Fsp3) is 0.222. The summed E-state index contributed by atoms with van der Waals surface area (Å²) in [5.41, 5.74) is 3.51. The molecule has 0 atom stereocenters. The molecular weight excluding hydrogens is 384 g/mol. The minimum absolute atomic E-state index is 0.664. The number of benzene rings is 2. The van der Waals surface area contributed by atoms with Crippen molar-refractivity contribution in [2.45, 2.75) is 0 Å². The number of methoxy groups -OCH3 is 4. The van der Waals surface area contributed by atoms with Crippen molar-refractivity contribution in [3.63, 3.8) is 0 Å². The molecule has 0 unspecified atom stereocenters. The van der Waals surface area contributed by atoms with Gasteiger partial charge in [0.15, 0.2) is 0 Å². The van der Waals surface area contributed by atoms with Crippen molar-refractivity contribution < 1.29 is 50.7 Å². The molecule has 0 aliphatic heterocycles. The molecule has 2 aromatic carbocycles. The average Bonchev–Trinajstić information content (AvgIpc) is 2.65. The number of hydrogen-bond acceptors (Lipinski definition) is 4. The molecule has 0 saturated heterocycles. The zero-order valence-corrected chi connectivity index (χ0v) is 16.5. The first-order valence-corrected chi connectivity index (χ1v) is 8.37. The molecule has 0 aromatic heterocycles. The third-order valence-electron chi connectivity index (χ3n) is 3.54. The van der Waals surface area contributed by atoms with Crippen molar-refractivity contribution in [3.8, 4) is 22.6 Å². The third-order valence-corrected chi connectivity index (χ3v) is 4.75. The summed E-state index contributed by atoms with van der Waals surface area (Å²) in [6, 6.07) is 11.8. The molecule has 0 aliphatic carbocycles. The molecule has 0 N–H and O–H groups in total. The average molecular weight is 402 g/mol. The molecule has 0 saturated carbocycles. The van der Waals surface area contributed by atoms with Gasteiger partial charge in [-0.1, -0.05) is 0 Å². The Bertz CT molecular complexity index is 706. The van der Waals surface area contributed by atoms with Gasteiger partial charge in [-0.05, 0) is 0 Å². The predicted octanol–water partition coefficient (Wildman–Crippen LogP) is 2.71. The summed E-state index contributed by atoms with van der Waals surface area (Å²) in [5, 5.41) is 0. The molecule has 4 nitrogen and oxygen atoms in total. The molecule has 0 aliphatic rings. The maximum absolute atomic E-state index is 5.66. The summed E-state index contributed by atoms with van der Waals surface area (Å²) in [6.07, 6.45) is 0. The normalized spacial score (nSPS) is 10.3. The monoisotopic (exact) mass is 402 g/mol. The van der Waals surface area contributed by atoms with E-state index < -0.39 is 0 Å². The van der Waals surface area contributed by atoms with Gasteiger partial charge < -0.3 is 0 Å². The van der Waals surface area contributed by atoms with Crippen LogP contribution >= 0.6 is 0 Å². The number of rotatable bonds is 7. The number of para-hydroxylation sites is 2. The molecule has 24 heavy (non-hydrogen) atoms. The van der Waals surface area contributed by atoms with E-state index in [1.165, 1.54) is 0 Å². The van der Waals surface area contributed by atoms with E-state index in [1.54, 1.807) is 28.4 Å². The van der Waals surface area contributed by atoms with Gasteiger partial charge in [0.1, 0.15) is 0 Å². The Kier molecular flexibility index (Phi) is 6.95. The molecule has 2 rings (SSSR count). The van der Waals surface area contributed by atoms with E-state index in [0.29, 0.717) is 20.6 Å². The van der Waals surface area contributed by atoms with E-state index in [4.69, 9.17) is 18.9 Å². The minimum atomic E-state index is 0.664. The Balaban J connectivity index is 2.73. The topological polar surface area (TPSA) is 36.9 Å². The van der Waals surface area contributed by atoms with E-state index >= 15 is 0 Å². The predicted molar refractivity (Wildman–Crippen MR) is 87.2 cm³/mol. The van der Waals surface area contributed by atoms with Gasteiger partial charge in [0.2, 0.25) is 0 Å². The number of ether oxygens (including phenoxy) is 4. The summed E-state index contributed by atoms with van der Waals surface area (Å²) in [4.78, 5) is 0. The molecular formula is C18H18Cr2O4. The van der Waals surface area contributed by atoms with Gasteiger partial charge in [0.05, 0.1) is 0 Å². The first-order chi connectivity index (χ1) is 11.6. The summed E-state index contributed by atoms with van der Waals surface area (Å²) in [7, 11) is 6.52. The van der Waals surface area contributed by atoms with Gasteiger partial charge in [-0.15, -0.1) is 0 Å². The molecule has 0 spiro atoms. The van der Waals surface area contributed by atoms with Crippen LogP contribution < -0.4 is 9.47 Å². The second-order valence-electron chi connectivity index (χ2n) is 4.76. The standard InChI is InChI=1S/C18H18O4.2Cr/c1-19-11-13-7-5-9-15(17(13)21-3)16-10-6-8-14(12-20-2)18(16)22-4;;/h5-10H,1-4H3;;. The van der Waals surface area contributed by atoms with Gasteiger partial charge in [0.25, 0.3) is 0 Å². The maximum atomic E-state index is 5.66. The van der Waals surface area contributed by atoms with Gasteiger partial charge in [-0.25, -0.2) is 0 Å². The zero-order chi connectivity index (χ0) is 17.7. The molecule has 2 aromatic rings. The molecule has 0 radical (unpaired) electrons. The Morgan fingerprint density at radius 2 is 1.04 bits per heavy atom. The van der Waals surface area contributed by atoms with E-state index in [-0.39, 0.29) is 0 Å². The van der Waals surface area contributed by atoms with Gasteiger partial charge >= 0.3 is 158 Å². The fourth-order valence-electron chi connectivity index (χ4n) is 2.48. The second kappa shape index (κ2) is 8.74. The van der Waals surface area contributed by atoms with Gasteiger partial charge in [-0.3, -0.25) is 0 Å². The molecule has 0 fully saturated rings. The van der Waals surface area contributed by atoms with E-state index in [2.05, 4.69) is 31.7 Å². The van der Waals surface area contributed by atoms with Crippen molar-refractivity contribution >= 4 is 9.13 Å². The summed E-state index contributed by atoms with van der Waals surface area (Å²) >= 11 is 5.84. The van der Waals surface area contributed by atoms with E-state index in [0.717, 1.165) is 22.3 Å². The molecule has 0 amide bonds. The van der Waals surface area contributed by atoms with E-state index in [1.807, 2.05) is 36.4 Å². The van der Waals surface area contributed by atoms with Crippen LogP contribution in [0.15, 0.2) is 36.4 Å². The van der Waals surface area contributed by atoms with Crippen LogP contribution in [0.25, 0.3) is 11.1 Å².